The number of rotatable bonds is 5. The molecule has 0 spiro atoms. The van der Waals surface area contributed by atoms with Gasteiger partial charge in [-0.05, 0) is 60.2 Å². The molecule has 9 heteroatoms. The van der Waals surface area contributed by atoms with E-state index >= 15 is 0 Å². The average molecular weight is 440 g/mol. The Morgan fingerprint density at radius 3 is 2.62 bits per heavy atom. The van der Waals surface area contributed by atoms with E-state index in [1.807, 2.05) is 0 Å². The number of carbonyl (C=O) groups excluding carboxylic acids is 1. The van der Waals surface area contributed by atoms with Crippen LogP contribution in [0, 0.1) is 17.5 Å². The molecular formula is C23H19F3N4O2. The average Bonchev–Trinajstić information content (AvgIpc) is 3.38. The number of amides is 1. The molecule has 32 heavy (non-hydrogen) atoms. The lowest BCUT2D eigenvalue weighted by Gasteiger charge is -2.35. The highest BCUT2D eigenvalue weighted by atomic mass is 19.1. The van der Waals surface area contributed by atoms with Crippen molar-refractivity contribution in [3.63, 3.8) is 0 Å². The smallest absolute Gasteiger partial charge is 0.407 e. The van der Waals surface area contributed by atoms with Crippen molar-refractivity contribution in [2.45, 2.75) is 31.4 Å². The van der Waals surface area contributed by atoms with E-state index < -0.39 is 17.7 Å². The molecule has 1 saturated carbocycles. The Labute approximate surface area is 180 Å². The number of nitrogens with one attached hydrogen (secondary N) is 3. The third kappa shape index (κ3) is 3.81. The molecule has 2 aromatic heterocycles. The summed E-state index contributed by atoms with van der Waals surface area (Å²) in [4.78, 5) is 22.0. The Kier molecular flexibility index (Phi) is 5.08. The summed E-state index contributed by atoms with van der Waals surface area (Å²) >= 11 is 0. The molecule has 5 rings (SSSR count). The molecule has 1 amide bonds. The summed E-state index contributed by atoms with van der Waals surface area (Å²) in [5.74, 6) is -1.22. The highest BCUT2D eigenvalue weighted by Gasteiger charge is 2.37. The van der Waals surface area contributed by atoms with Gasteiger partial charge in [-0.1, -0.05) is 0 Å². The zero-order valence-corrected chi connectivity index (χ0v) is 16.8. The second-order valence-electron chi connectivity index (χ2n) is 7.82. The molecule has 2 aromatic carbocycles. The lowest BCUT2D eigenvalue weighted by molar-refractivity contribution is 0.0395. The monoisotopic (exact) mass is 440 g/mol. The third-order valence-corrected chi connectivity index (χ3v) is 5.73. The van der Waals surface area contributed by atoms with Gasteiger partial charge in [-0.3, -0.25) is 0 Å². The molecule has 1 fully saturated rings. The first-order valence-corrected chi connectivity index (χ1v) is 10.2. The van der Waals surface area contributed by atoms with Gasteiger partial charge in [0.15, 0.2) is 0 Å². The van der Waals surface area contributed by atoms with Crippen LogP contribution < -0.4 is 5.32 Å². The van der Waals surface area contributed by atoms with E-state index in [2.05, 4.69) is 20.3 Å². The van der Waals surface area contributed by atoms with Gasteiger partial charge in [-0.2, -0.15) is 0 Å². The van der Waals surface area contributed by atoms with Crippen molar-refractivity contribution in [2.75, 3.05) is 0 Å². The van der Waals surface area contributed by atoms with E-state index in [0.717, 1.165) is 11.6 Å². The van der Waals surface area contributed by atoms with Crippen molar-refractivity contribution in [1.82, 2.24) is 20.3 Å². The Morgan fingerprint density at radius 2 is 1.91 bits per heavy atom. The molecule has 0 atom stereocenters. The predicted molar refractivity (Wildman–Crippen MR) is 111 cm³/mol. The van der Waals surface area contributed by atoms with Crippen LogP contribution in [0.4, 0.5) is 18.0 Å². The third-order valence-electron chi connectivity index (χ3n) is 5.73. The predicted octanol–water partition coefficient (Wildman–Crippen LogP) is 5.15. The number of ether oxygens (including phenoxy) is 1. The van der Waals surface area contributed by atoms with Crippen LogP contribution in [0.5, 0.6) is 0 Å². The standard InChI is InChI=1S/C23H19F3N4O2/c24-14-3-1-12(2-4-14)21-20(17-9-15(25)10-18(26)22(17)30-21)13-7-16(8-13)32-23(31)29-11-19-27-5-6-28-19/h1-6,9-10,13,16,30H,7-8,11H2,(H,27,28)(H,29,31)/t13-,16-. The molecule has 1 aliphatic carbocycles. The van der Waals surface area contributed by atoms with Crippen LogP contribution in [-0.2, 0) is 11.3 Å². The molecule has 6 nitrogen and oxygen atoms in total. The molecule has 4 aromatic rings. The molecule has 1 aliphatic rings. The van der Waals surface area contributed by atoms with E-state index in [1.165, 1.54) is 18.2 Å². The van der Waals surface area contributed by atoms with E-state index in [0.29, 0.717) is 35.3 Å². The zero-order valence-electron chi connectivity index (χ0n) is 16.8. The van der Waals surface area contributed by atoms with Crippen LogP contribution in [0.1, 0.15) is 30.1 Å². The molecule has 164 valence electrons. The van der Waals surface area contributed by atoms with Crippen LogP contribution in [-0.4, -0.2) is 27.1 Å². The Morgan fingerprint density at radius 1 is 1.12 bits per heavy atom. The normalized spacial score (nSPS) is 17.8. The molecule has 3 N–H and O–H groups in total. The maximum atomic E-state index is 14.4. The fourth-order valence-corrected chi connectivity index (χ4v) is 4.15. The number of hydrogen-bond donors (Lipinski definition) is 3. The SMILES string of the molecule is O=C(NCc1ncc[nH]1)O[C@H]1C[C@H](c2c(-c3ccc(F)cc3)[nH]c3c(F)cc(F)cc32)C1. The highest BCUT2D eigenvalue weighted by Crippen LogP contribution is 2.46. The number of alkyl carbamates (subject to hydrolysis) is 1. The maximum absolute atomic E-state index is 14.4. The van der Waals surface area contributed by atoms with Crippen molar-refractivity contribution in [3.05, 3.63) is 77.6 Å². The van der Waals surface area contributed by atoms with Crippen molar-refractivity contribution in [3.8, 4) is 11.3 Å². The summed E-state index contributed by atoms with van der Waals surface area (Å²) in [7, 11) is 0. The molecule has 0 aliphatic heterocycles. The maximum Gasteiger partial charge on any atom is 0.407 e. The van der Waals surface area contributed by atoms with E-state index in [4.69, 9.17) is 4.74 Å². The molecule has 0 radical (unpaired) electrons. The summed E-state index contributed by atoms with van der Waals surface area (Å²) in [6.45, 7) is 0.220. The summed E-state index contributed by atoms with van der Waals surface area (Å²) in [5.41, 5.74) is 2.20. The van der Waals surface area contributed by atoms with Crippen LogP contribution in [0.2, 0.25) is 0 Å². The quantitative estimate of drug-likeness (QED) is 0.402. The van der Waals surface area contributed by atoms with Crippen molar-refractivity contribution >= 4 is 17.0 Å². The van der Waals surface area contributed by atoms with Crippen molar-refractivity contribution in [1.29, 1.82) is 0 Å². The number of hydrogen-bond acceptors (Lipinski definition) is 3. The van der Waals surface area contributed by atoms with E-state index in [-0.39, 0.29) is 29.9 Å². The summed E-state index contributed by atoms with van der Waals surface area (Å²) in [6, 6.07) is 7.93. The second kappa shape index (κ2) is 8.07. The molecule has 0 saturated heterocycles. The minimum atomic E-state index is -0.695. The number of benzene rings is 2. The Hall–Kier alpha value is -3.75. The van der Waals surface area contributed by atoms with E-state index in [1.54, 1.807) is 24.5 Å². The van der Waals surface area contributed by atoms with Gasteiger partial charge in [0.2, 0.25) is 0 Å². The van der Waals surface area contributed by atoms with Crippen LogP contribution in [0.25, 0.3) is 22.2 Å². The fourth-order valence-electron chi connectivity index (χ4n) is 4.15. The Bertz CT molecular complexity index is 1260. The fraction of sp³-hybridized carbons (Fsp3) is 0.217. The van der Waals surface area contributed by atoms with Gasteiger partial charge < -0.3 is 20.0 Å². The topological polar surface area (TPSA) is 82.8 Å². The first kappa shape index (κ1) is 20.2. The summed E-state index contributed by atoms with van der Waals surface area (Å²) in [6.07, 6.45) is 3.39. The zero-order chi connectivity index (χ0) is 22.2. The van der Waals surface area contributed by atoms with Gasteiger partial charge in [0.05, 0.1) is 17.8 Å². The number of aromatic nitrogens is 3. The summed E-state index contributed by atoms with van der Waals surface area (Å²) < 4.78 is 47.3. The second-order valence-corrected chi connectivity index (χ2v) is 7.82. The lowest BCUT2D eigenvalue weighted by Crippen LogP contribution is -2.36. The van der Waals surface area contributed by atoms with Crippen LogP contribution in [0.15, 0.2) is 48.8 Å². The highest BCUT2D eigenvalue weighted by molar-refractivity contribution is 5.92. The number of halogens is 3. The minimum absolute atomic E-state index is 0.0760. The van der Waals surface area contributed by atoms with E-state index in [9.17, 15) is 18.0 Å². The summed E-state index contributed by atoms with van der Waals surface area (Å²) in [5, 5.41) is 3.06. The van der Waals surface area contributed by atoms with Gasteiger partial charge >= 0.3 is 6.09 Å². The van der Waals surface area contributed by atoms with Gasteiger partial charge in [0, 0.05) is 23.8 Å². The largest absolute Gasteiger partial charge is 0.446 e. The van der Waals surface area contributed by atoms with Crippen molar-refractivity contribution in [2.24, 2.45) is 0 Å². The van der Waals surface area contributed by atoms with Gasteiger partial charge in [-0.25, -0.2) is 22.9 Å². The number of H-pyrrole nitrogens is 2. The number of nitrogens with zero attached hydrogens (tertiary/aromatic N) is 1. The molecule has 0 unspecified atom stereocenters. The number of fused-ring (bicyclic) bond motifs is 1. The molecule has 0 bridgehead atoms. The van der Waals surface area contributed by atoms with Crippen LogP contribution in [0.3, 0.4) is 0 Å². The number of aromatic amines is 2. The van der Waals surface area contributed by atoms with Gasteiger partial charge in [0.25, 0.3) is 0 Å². The lowest BCUT2D eigenvalue weighted by atomic mass is 9.75. The molecule has 2 heterocycles. The van der Waals surface area contributed by atoms with Gasteiger partial charge in [0.1, 0.15) is 29.4 Å². The Balaban J connectivity index is 1.36. The minimum Gasteiger partial charge on any atom is -0.446 e. The molecular weight excluding hydrogens is 421 g/mol. The first-order chi connectivity index (χ1) is 15.5. The van der Waals surface area contributed by atoms with Crippen molar-refractivity contribution < 1.29 is 22.7 Å². The van der Waals surface area contributed by atoms with Crippen LogP contribution >= 0.6 is 0 Å². The number of imidazole rings is 1. The number of carbonyl (C=O) groups is 1. The first-order valence-electron chi connectivity index (χ1n) is 10.2. The van der Waals surface area contributed by atoms with Gasteiger partial charge in [-0.15, -0.1) is 0 Å².